The zero-order valence-electron chi connectivity index (χ0n) is 15.5. The van der Waals surface area contributed by atoms with Crippen LogP contribution in [0.2, 0.25) is 0 Å². The molecule has 1 amide bonds. The molecule has 148 valence electrons. The Labute approximate surface area is 164 Å². The van der Waals surface area contributed by atoms with Crippen molar-refractivity contribution >= 4 is 27.3 Å². The number of hydrogen-bond donors (Lipinski definition) is 2. The Kier molecular flexibility index (Phi) is 5.09. The van der Waals surface area contributed by atoms with Crippen LogP contribution in [0.1, 0.15) is 27.9 Å². The van der Waals surface area contributed by atoms with Crippen LogP contribution in [0.15, 0.2) is 41.3 Å². The maximum absolute atomic E-state index is 13.1. The van der Waals surface area contributed by atoms with E-state index in [-0.39, 0.29) is 16.4 Å². The molecule has 0 aromatic heterocycles. The Morgan fingerprint density at radius 2 is 1.79 bits per heavy atom. The monoisotopic (exact) mass is 401 g/mol. The van der Waals surface area contributed by atoms with Crippen molar-refractivity contribution in [2.75, 3.05) is 36.5 Å². The number of morpholine rings is 1. The van der Waals surface area contributed by atoms with E-state index in [9.17, 15) is 13.2 Å². The number of fused-ring (bicyclic) bond motifs is 1. The Bertz CT molecular complexity index is 1010. The van der Waals surface area contributed by atoms with Crippen molar-refractivity contribution in [1.29, 1.82) is 0 Å². The molecule has 2 aromatic rings. The number of sulfonamides is 1. The van der Waals surface area contributed by atoms with Crippen LogP contribution in [0.4, 0.5) is 11.4 Å². The first-order chi connectivity index (χ1) is 13.4. The van der Waals surface area contributed by atoms with Crippen LogP contribution in [0.3, 0.4) is 0 Å². The molecule has 0 saturated carbocycles. The fraction of sp³-hybridized carbons (Fsp3) is 0.350. The third-order valence-corrected chi connectivity index (χ3v) is 6.16. The molecule has 1 fully saturated rings. The van der Waals surface area contributed by atoms with Gasteiger partial charge in [0.1, 0.15) is 0 Å². The van der Waals surface area contributed by atoms with Gasteiger partial charge in [0, 0.05) is 24.5 Å². The van der Waals surface area contributed by atoms with E-state index in [4.69, 9.17) is 9.88 Å². The molecule has 1 heterocycles. The van der Waals surface area contributed by atoms with E-state index >= 15 is 0 Å². The number of carbonyl (C=O) groups excluding carboxylic acids is 1. The highest BCUT2D eigenvalue weighted by Crippen LogP contribution is 2.28. The van der Waals surface area contributed by atoms with Gasteiger partial charge in [0.25, 0.3) is 5.91 Å². The smallest absolute Gasteiger partial charge is 0.257 e. The molecule has 2 aromatic carbocycles. The summed E-state index contributed by atoms with van der Waals surface area (Å²) in [6, 6.07) is 10.4. The van der Waals surface area contributed by atoms with Gasteiger partial charge in [-0.25, -0.2) is 13.6 Å². The Morgan fingerprint density at radius 3 is 2.54 bits per heavy atom. The molecular weight excluding hydrogens is 378 g/mol. The lowest BCUT2D eigenvalue weighted by Crippen LogP contribution is -2.37. The Balaban J connectivity index is 1.67. The van der Waals surface area contributed by atoms with Gasteiger partial charge in [-0.15, -0.1) is 0 Å². The number of nitrogens with two attached hydrogens (primary N) is 1. The lowest BCUT2D eigenvalue weighted by Gasteiger charge is -2.30. The van der Waals surface area contributed by atoms with Gasteiger partial charge in [-0.2, -0.15) is 0 Å². The van der Waals surface area contributed by atoms with Gasteiger partial charge >= 0.3 is 0 Å². The first kappa shape index (κ1) is 18.9. The van der Waals surface area contributed by atoms with Crippen molar-refractivity contribution in [1.82, 2.24) is 0 Å². The maximum atomic E-state index is 13.1. The van der Waals surface area contributed by atoms with Crippen LogP contribution < -0.4 is 15.4 Å². The summed E-state index contributed by atoms with van der Waals surface area (Å²) in [4.78, 5) is 15.0. The van der Waals surface area contributed by atoms with Crippen LogP contribution in [0, 0.1) is 0 Å². The summed E-state index contributed by atoms with van der Waals surface area (Å²) in [6.07, 6.45) is 3.21. The standard InChI is InChI=1S/C20H23N3O4S/c21-28(25,26)17-6-7-19(23-8-10-27-11-9-23)18(13-17)20(24)22-16-5-4-14-2-1-3-15(14)12-16/h4-7,12-13H,1-3,8-11H2,(H,22,24)(H2,21,25,26). The first-order valence-corrected chi connectivity index (χ1v) is 10.9. The molecule has 3 N–H and O–H groups in total. The minimum Gasteiger partial charge on any atom is -0.378 e. The van der Waals surface area contributed by atoms with E-state index in [1.165, 1.54) is 23.3 Å². The molecule has 2 aliphatic rings. The van der Waals surface area contributed by atoms with Crippen LogP contribution in [0.25, 0.3) is 0 Å². The highest BCUT2D eigenvalue weighted by Gasteiger charge is 2.22. The van der Waals surface area contributed by atoms with E-state index in [0.717, 1.165) is 19.3 Å². The minimum atomic E-state index is -3.91. The third kappa shape index (κ3) is 3.89. The molecule has 0 atom stereocenters. The topological polar surface area (TPSA) is 102 Å². The molecule has 0 spiro atoms. The van der Waals surface area contributed by atoms with Gasteiger partial charge in [-0.1, -0.05) is 6.07 Å². The number of anilines is 2. The van der Waals surface area contributed by atoms with Crippen LogP contribution >= 0.6 is 0 Å². The third-order valence-electron chi connectivity index (χ3n) is 5.25. The van der Waals surface area contributed by atoms with E-state index in [1.807, 2.05) is 23.1 Å². The highest BCUT2D eigenvalue weighted by molar-refractivity contribution is 7.89. The molecule has 8 heteroatoms. The molecule has 0 radical (unpaired) electrons. The second kappa shape index (κ2) is 7.54. The molecule has 0 unspecified atom stereocenters. The molecule has 28 heavy (non-hydrogen) atoms. The lowest BCUT2D eigenvalue weighted by molar-refractivity contribution is 0.102. The van der Waals surface area contributed by atoms with Gasteiger partial charge < -0.3 is 15.0 Å². The molecular formula is C20H23N3O4S. The molecule has 1 saturated heterocycles. The Hall–Kier alpha value is -2.42. The average Bonchev–Trinajstić information content (AvgIpc) is 3.15. The molecule has 1 aliphatic heterocycles. The van der Waals surface area contributed by atoms with Gasteiger partial charge in [0.05, 0.1) is 23.7 Å². The summed E-state index contributed by atoms with van der Waals surface area (Å²) in [5, 5.41) is 8.19. The number of carbonyl (C=O) groups is 1. The average molecular weight is 401 g/mol. The molecule has 7 nitrogen and oxygen atoms in total. The summed E-state index contributed by atoms with van der Waals surface area (Å²) >= 11 is 0. The SMILES string of the molecule is NS(=O)(=O)c1ccc(N2CCOCC2)c(C(=O)Nc2ccc3c(c2)CCC3)c1. The molecule has 0 bridgehead atoms. The summed E-state index contributed by atoms with van der Waals surface area (Å²) in [5.74, 6) is -0.357. The van der Waals surface area contributed by atoms with Gasteiger partial charge in [0.15, 0.2) is 0 Å². The van der Waals surface area contributed by atoms with E-state index in [1.54, 1.807) is 6.07 Å². The number of nitrogens with one attached hydrogen (secondary N) is 1. The largest absolute Gasteiger partial charge is 0.378 e. The Morgan fingerprint density at radius 1 is 1.04 bits per heavy atom. The number of benzene rings is 2. The van der Waals surface area contributed by atoms with Gasteiger partial charge in [-0.05, 0) is 60.7 Å². The fourth-order valence-corrected chi connectivity index (χ4v) is 4.34. The predicted molar refractivity (Wildman–Crippen MR) is 107 cm³/mol. The van der Waals surface area contributed by atoms with E-state index < -0.39 is 10.0 Å². The summed E-state index contributed by atoms with van der Waals surface area (Å²) in [6.45, 7) is 2.38. The highest BCUT2D eigenvalue weighted by atomic mass is 32.2. The maximum Gasteiger partial charge on any atom is 0.257 e. The number of ether oxygens (including phenoxy) is 1. The van der Waals surface area contributed by atoms with Crippen molar-refractivity contribution < 1.29 is 17.9 Å². The van der Waals surface area contributed by atoms with Crippen molar-refractivity contribution in [3.63, 3.8) is 0 Å². The number of rotatable bonds is 4. The predicted octanol–water partition coefficient (Wildman–Crippen LogP) is 1.91. The van der Waals surface area contributed by atoms with E-state index in [2.05, 4.69) is 5.32 Å². The van der Waals surface area contributed by atoms with Gasteiger partial charge in [-0.3, -0.25) is 4.79 Å². The fourth-order valence-electron chi connectivity index (χ4n) is 3.80. The number of nitrogens with zero attached hydrogens (tertiary/aromatic N) is 1. The summed E-state index contributed by atoms with van der Waals surface area (Å²) in [5.41, 5.74) is 4.25. The second-order valence-corrected chi connectivity index (χ2v) is 8.68. The normalized spacial score (nSPS) is 16.7. The molecule has 1 aliphatic carbocycles. The number of amides is 1. The van der Waals surface area contributed by atoms with Crippen molar-refractivity contribution in [3.8, 4) is 0 Å². The van der Waals surface area contributed by atoms with Crippen LogP contribution in [-0.2, 0) is 27.6 Å². The molecule has 4 rings (SSSR count). The number of primary sulfonamides is 1. The lowest BCUT2D eigenvalue weighted by atomic mass is 10.1. The number of aryl methyl sites for hydroxylation is 2. The first-order valence-electron chi connectivity index (χ1n) is 9.34. The summed E-state index contributed by atoms with van der Waals surface area (Å²) < 4.78 is 29.0. The van der Waals surface area contributed by atoms with Crippen LogP contribution in [0.5, 0.6) is 0 Å². The van der Waals surface area contributed by atoms with E-state index in [0.29, 0.717) is 37.7 Å². The van der Waals surface area contributed by atoms with Crippen molar-refractivity contribution in [3.05, 3.63) is 53.1 Å². The summed E-state index contributed by atoms with van der Waals surface area (Å²) in [7, 11) is -3.91. The van der Waals surface area contributed by atoms with Crippen molar-refractivity contribution in [2.45, 2.75) is 24.2 Å². The minimum absolute atomic E-state index is 0.0800. The zero-order valence-corrected chi connectivity index (χ0v) is 16.3. The van der Waals surface area contributed by atoms with Crippen LogP contribution in [-0.4, -0.2) is 40.6 Å². The second-order valence-electron chi connectivity index (χ2n) is 7.11. The van der Waals surface area contributed by atoms with Crippen molar-refractivity contribution in [2.24, 2.45) is 5.14 Å². The number of hydrogen-bond acceptors (Lipinski definition) is 5. The zero-order chi connectivity index (χ0) is 19.7. The quantitative estimate of drug-likeness (QED) is 0.815. The van der Waals surface area contributed by atoms with Gasteiger partial charge in [0.2, 0.25) is 10.0 Å².